The first kappa shape index (κ1) is 21.4. The van der Waals surface area contributed by atoms with Gasteiger partial charge in [-0.05, 0) is 48.1 Å². The number of rotatable bonds is 5. The van der Waals surface area contributed by atoms with Crippen LogP contribution >= 0.6 is 40.7 Å². The van der Waals surface area contributed by atoms with Crippen molar-refractivity contribution < 1.29 is 4.79 Å². The lowest BCUT2D eigenvalue weighted by Crippen LogP contribution is -2.49. The standard InChI is InChI=1S/C14H21BrN4O.2ClH/c1-16-6-2-3-14(20)19-9-7-18(8-10-19)13-5-4-12(15)11-17-13;;/h4-5,11,16H,2-3,6-10H2,1H3;2*1H. The van der Waals surface area contributed by atoms with Crippen LogP contribution in [0.15, 0.2) is 22.8 Å². The van der Waals surface area contributed by atoms with Crippen LogP contribution in [0.2, 0.25) is 0 Å². The molecule has 0 atom stereocenters. The molecule has 0 bridgehead atoms. The first-order valence-electron chi connectivity index (χ1n) is 6.99. The third-order valence-corrected chi connectivity index (χ3v) is 3.95. The number of carbonyl (C=O) groups is 1. The normalized spacial score (nSPS) is 14.1. The van der Waals surface area contributed by atoms with Gasteiger partial charge in [-0.25, -0.2) is 4.98 Å². The van der Waals surface area contributed by atoms with Gasteiger partial charge in [0.2, 0.25) is 5.91 Å². The SMILES string of the molecule is CNCCCC(=O)N1CCN(c2ccc(Br)cn2)CC1.Cl.Cl. The lowest BCUT2D eigenvalue weighted by molar-refractivity contribution is -0.131. The molecular formula is C14H23BrCl2N4O. The molecule has 1 aromatic heterocycles. The van der Waals surface area contributed by atoms with Crippen LogP contribution < -0.4 is 10.2 Å². The maximum absolute atomic E-state index is 12.0. The maximum atomic E-state index is 12.0. The molecule has 0 spiro atoms. The van der Waals surface area contributed by atoms with E-state index < -0.39 is 0 Å². The van der Waals surface area contributed by atoms with E-state index in [4.69, 9.17) is 0 Å². The van der Waals surface area contributed by atoms with E-state index in [0.29, 0.717) is 6.42 Å². The van der Waals surface area contributed by atoms with E-state index in [-0.39, 0.29) is 30.7 Å². The Labute approximate surface area is 152 Å². The first-order valence-corrected chi connectivity index (χ1v) is 7.79. The van der Waals surface area contributed by atoms with E-state index in [1.54, 1.807) is 0 Å². The van der Waals surface area contributed by atoms with Gasteiger partial charge in [-0.3, -0.25) is 4.79 Å². The van der Waals surface area contributed by atoms with E-state index in [0.717, 1.165) is 49.4 Å². The average molecular weight is 414 g/mol. The fourth-order valence-electron chi connectivity index (χ4n) is 2.31. The molecule has 1 aliphatic rings. The highest BCUT2D eigenvalue weighted by Crippen LogP contribution is 2.16. The van der Waals surface area contributed by atoms with Crippen LogP contribution in [0.1, 0.15) is 12.8 Å². The molecule has 5 nitrogen and oxygen atoms in total. The number of hydrogen-bond acceptors (Lipinski definition) is 4. The van der Waals surface area contributed by atoms with Crippen molar-refractivity contribution >= 4 is 52.5 Å². The van der Waals surface area contributed by atoms with Crippen LogP contribution in [0.3, 0.4) is 0 Å². The Morgan fingerprint density at radius 1 is 1.27 bits per heavy atom. The second-order valence-electron chi connectivity index (χ2n) is 4.91. The van der Waals surface area contributed by atoms with Gasteiger partial charge in [-0.1, -0.05) is 0 Å². The fraction of sp³-hybridized carbons (Fsp3) is 0.571. The van der Waals surface area contributed by atoms with Crippen molar-refractivity contribution in [2.75, 3.05) is 44.7 Å². The van der Waals surface area contributed by atoms with Crippen molar-refractivity contribution in [3.63, 3.8) is 0 Å². The van der Waals surface area contributed by atoms with E-state index >= 15 is 0 Å². The number of carbonyl (C=O) groups excluding carboxylic acids is 1. The van der Waals surface area contributed by atoms with Gasteiger partial charge in [0.1, 0.15) is 5.82 Å². The number of halogens is 3. The molecule has 126 valence electrons. The molecule has 22 heavy (non-hydrogen) atoms. The lowest BCUT2D eigenvalue weighted by atomic mass is 10.2. The fourth-order valence-corrected chi connectivity index (χ4v) is 2.55. The van der Waals surface area contributed by atoms with Gasteiger partial charge in [0, 0.05) is 43.3 Å². The summed E-state index contributed by atoms with van der Waals surface area (Å²) in [5.41, 5.74) is 0. The predicted octanol–water partition coefficient (Wildman–Crippen LogP) is 2.34. The Kier molecular flexibility index (Phi) is 10.8. The molecule has 0 saturated carbocycles. The summed E-state index contributed by atoms with van der Waals surface area (Å²) in [6, 6.07) is 4.01. The Hall–Kier alpha value is -0.560. The van der Waals surface area contributed by atoms with Crippen molar-refractivity contribution in [3.8, 4) is 0 Å². The Morgan fingerprint density at radius 3 is 2.50 bits per heavy atom. The van der Waals surface area contributed by atoms with E-state index in [1.807, 2.05) is 30.3 Å². The molecule has 1 aliphatic heterocycles. The van der Waals surface area contributed by atoms with Gasteiger partial charge in [0.05, 0.1) is 0 Å². The number of nitrogens with zero attached hydrogens (tertiary/aromatic N) is 3. The third-order valence-electron chi connectivity index (χ3n) is 3.49. The summed E-state index contributed by atoms with van der Waals surface area (Å²) in [6.07, 6.45) is 3.35. The highest BCUT2D eigenvalue weighted by atomic mass is 79.9. The molecule has 0 aromatic carbocycles. The summed E-state index contributed by atoms with van der Waals surface area (Å²) in [4.78, 5) is 20.6. The zero-order valence-corrected chi connectivity index (χ0v) is 15.8. The minimum absolute atomic E-state index is 0. The Balaban J connectivity index is 0.00000220. The van der Waals surface area contributed by atoms with Gasteiger partial charge in [-0.2, -0.15) is 0 Å². The molecule has 1 N–H and O–H groups in total. The summed E-state index contributed by atoms with van der Waals surface area (Å²) < 4.78 is 0.986. The van der Waals surface area contributed by atoms with Crippen LogP contribution in [0.5, 0.6) is 0 Å². The summed E-state index contributed by atoms with van der Waals surface area (Å²) in [7, 11) is 1.91. The lowest BCUT2D eigenvalue weighted by Gasteiger charge is -2.35. The molecule has 1 fully saturated rings. The number of anilines is 1. The van der Waals surface area contributed by atoms with Crippen LogP contribution in [0.25, 0.3) is 0 Å². The molecule has 8 heteroatoms. The van der Waals surface area contributed by atoms with Crippen LogP contribution in [-0.4, -0.2) is 55.6 Å². The van der Waals surface area contributed by atoms with Gasteiger partial charge in [0.15, 0.2) is 0 Å². The number of piperazine rings is 1. The highest BCUT2D eigenvalue weighted by molar-refractivity contribution is 9.10. The van der Waals surface area contributed by atoms with Gasteiger partial charge in [0.25, 0.3) is 0 Å². The topological polar surface area (TPSA) is 48.5 Å². The van der Waals surface area contributed by atoms with Crippen molar-refractivity contribution in [2.45, 2.75) is 12.8 Å². The summed E-state index contributed by atoms with van der Waals surface area (Å²) in [5, 5.41) is 3.07. The number of aromatic nitrogens is 1. The first-order chi connectivity index (χ1) is 9.70. The second-order valence-corrected chi connectivity index (χ2v) is 5.83. The molecule has 1 saturated heterocycles. The van der Waals surface area contributed by atoms with Crippen LogP contribution in [0.4, 0.5) is 5.82 Å². The second kappa shape index (κ2) is 11.0. The van der Waals surface area contributed by atoms with Crippen molar-refractivity contribution in [2.24, 2.45) is 0 Å². The van der Waals surface area contributed by atoms with Gasteiger partial charge >= 0.3 is 0 Å². The van der Waals surface area contributed by atoms with Crippen molar-refractivity contribution in [1.82, 2.24) is 15.2 Å². The molecule has 0 unspecified atom stereocenters. The predicted molar refractivity (Wildman–Crippen MR) is 98.4 cm³/mol. The number of nitrogens with one attached hydrogen (secondary N) is 1. The third kappa shape index (κ3) is 6.28. The smallest absolute Gasteiger partial charge is 0.222 e. The molecular weight excluding hydrogens is 391 g/mol. The molecule has 1 amide bonds. The zero-order chi connectivity index (χ0) is 14.4. The van der Waals surface area contributed by atoms with Crippen molar-refractivity contribution in [1.29, 1.82) is 0 Å². The Bertz CT molecular complexity index is 439. The van der Waals surface area contributed by atoms with Crippen molar-refractivity contribution in [3.05, 3.63) is 22.8 Å². The summed E-state index contributed by atoms with van der Waals surface area (Å²) >= 11 is 3.39. The highest BCUT2D eigenvalue weighted by Gasteiger charge is 2.21. The molecule has 1 aromatic rings. The number of hydrogen-bond donors (Lipinski definition) is 1. The minimum Gasteiger partial charge on any atom is -0.353 e. The van der Waals surface area contributed by atoms with E-state index in [9.17, 15) is 4.79 Å². The number of pyridine rings is 1. The van der Waals surface area contributed by atoms with Gasteiger partial charge in [-0.15, -0.1) is 24.8 Å². The van der Waals surface area contributed by atoms with E-state index in [2.05, 4.69) is 31.1 Å². The molecule has 0 radical (unpaired) electrons. The zero-order valence-electron chi connectivity index (χ0n) is 12.6. The Morgan fingerprint density at radius 2 is 1.95 bits per heavy atom. The largest absolute Gasteiger partial charge is 0.353 e. The van der Waals surface area contributed by atoms with E-state index in [1.165, 1.54) is 0 Å². The maximum Gasteiger partial charge on any atom is 0.222 e. The quantitative estimate of drug-likeness (QED) is 0.752. The van der Waals surface area contributed by atoms with Gasteiger partial charge < -0.3 is 15.1 Å². The average Bonchev–Trinajstić information content (AvgIpc) is 2.48. The van der Waals surface area contributed by atoms with Crippen LogP contribution in [0, 0.1) is 0 Å². The molecule has 2 heterocycles. The molecule has 0 aliphatic carbocycles. The number of amides is 1. The monoisotopic (exact) mass is 412 g/mol. The van der Waals surface area contributed by atoms with Crippen LogP contribution in [-0.2, 0) is 4.79 Å². The molecule has 2 rings (SSSR count). The summed E-state index contributed by atoms with van der Waals surface area (Å²) in [6.45, 7) is 4.18. The summed E-state index contributed by atoms with van der Waals surface area (Å²) in [5.74, 6) is 1.25. The minimum atomic E-state index is 0.